The van der Waals surface area contributed by atoms with E-state index in [2.05, 4.69) is 0 Å². The molecular weight excluding hydrogens is 228 g/mol. The molecule has 0 aliphatic heterocycles. The molecule has 5 heteroatoms. The van der Waals surface area contributed by atoms with Crippen molar-refractivity contribution in [2.24, 2.45) is 5.73 Å². The third-order valence-electron chi connectivity index (χ3n) is 2.66. The Kier molecular flexibility index (Phi) is 4.26. The maximum Gasteiger partial charge on any atom is 0.273 e. The van der Waals surface area contributed by atoms with E-state index in [1.54, 1.807) is 6.07 Å². The molecule has 16 heavy (non-hydrogen) atoms. The van der Waals surface area contributed by atoms with Gasteiger partial charge in [-0.25, -0.2) is 0 Å². The summed E-state index contributed by atoms with van der Waals surface area (Å²) in [5, 5.41) is 11.4. The quantitative estimate of drug-likeness (QED) is 0.652. The third-order valence-corrected chi connectivity index (χ3v) is 2.90. The highest BCUT2D eigenvalue weighted by Gasteiger charge is 2.23. The van der Waals surface area contributed by atoms with Crippen molar-refractivity contribution in [2.75, 3.05) is 0 Å². The summed E-state index contributed by atoms with van der Waals surface area (Å²) in [5.41, 5.74) is 6.54. The molecule has 1 rings (SSSR count). The summed E-state index contributed by atoms with van der Waals surface area (Å²) in [6, 6.07) is 4.46. The van der Waals surface area contributed by atoms with Gasteiger partial charge in [-0.1, -0.05) is 18.5 Å². The second kappa shape index (κ2) is 5.27. The van der Waals surface area contributed by atoms with E-state index in [1.807, 2.05) is 13.8 Å². The van der Waals surface area contributed by atoms with Gasteiger partial charge in [0.15, 0.2) is 0 Å². The molecule has 2 N–H and O–H groups in total. The first-order chi connectivity index (χ1) is 7.47. The Balaban J connectivity index is 3.27. The minimum atomic E-state index is -0.392. The van der Waals surface area contributed by atoms with Crippen LogP contribution in [0.4, 0.5) is 5.69 Å². The molecule has 0 radical (unpaired) electrons. The van der Waals surface area contributed by atoms with E-state index in [0.717, 1.165) is 6.42 Å². The van der Waals surface area contributed by atoms with Gasteiger partial charge in [-0.2, -0.15) is 0 Å². The van der Waals surface area contributed by atoms with E-state index < -0.39 is 4.92 Å². The molecule has 0 aliphatic rings. The molecule has 1 aromatic carbocycles. The van der Waals surface area contributed by atoms with Crippen LogP contribution in [0, 0.1) is 10.1 Å². The van der Waals surface area contributed by atoms with Crippen LogP contribution in [0.3, 0.4) is 0 Å². The second-order valence-corrected chi connectivity index (χ2v) is 4.27. The van der Waals surface area contributed by atoms with Gasteiger partial charge in [0.05, 0.1) is 4.92 Å². The minimum absolute atomic E-state index is 0.0425. The van der Waals surface area contributed by atoms with Gasteiger partial charge in [-0.3, -0.25) is 10.1 Å². The molecule has 0 heterocycles. The molecule has 1 aromatic rings. The highest BCUT2D eigenvalue weighted by atomic mass is 35.5. The Morgan fingerprint density at radius 3 is 2.62 bits per heavy atom. The SMILES string of the molecule is CCC(c1cc(Cl)ccc1[N+](=O)[O-])C(C)N. The third kappa shape index (κ3) is 2.71. The minimum Gasteiger partial charge on any atom is -0.327 e. The Morgan fingerprint density at radius 2 is 2.19 bits per heavy atom. The van der Waals surface area contributed by atoms with Crippen LogP contribution in [-0.2, 0) is 0 Å². The predicted molar refractivity (Wildman–Crippen MR) is 64.8 cm³/mol. The summed E-state index contributed by atoms with van der Waals surface area (Å²) < 4.78 is 0. The van der Waals surface area contributed by atoms with Crippen molar-refractivity contribution >= 4 is 17.3 Å². The first-order valence-electron chi connectivity index (χ1n) is 5.16. The van der Waals surface area contributed by atoms with Gasteiger partial charge >= 0.3 is 0 Å². The molecule has 0 bridgehead atoms. The largest absolute Gasteiger partial charge is 0.327 e. The monoisotopic (exact) mass is 242 g/mol. The summed E-state index contributed by atoms with van der Waals surface area (Å²) in [6.07, 6.45) is 0.749. The molecule has 0 aliphatic carbocycles. The van der Waals surface area contributed by atoms with Gasteiger partial charge < -0.3 is 5.73 Å². The number of hydrogen-bond donors (Lipinski definition) is 1. The molecule has 2 unspecified atom stereocenters. The molecule has 0 fully saturated rings. The molecule has 0 spiro atoms. The van der Waals surface area contributed by atoms with Crippen LogP contribution in [-0.4, -0.2) is 11.0 Å². The topological polar surface area (TPSA) is 69.2 Å². The summed E-state index contributed by atoms with van der Waals surface area (Å²) in [5.74, 6) is -0.0425. The van der Waals surface area contributed by atoms with Crippen molar-refractivity contribution in [3.8, 4) is 0 Å². The Morgan fingerprint density at radius 1 is 1.56 bits per heavy atom. The zero-order valence-corrected chi connectivity index (χ0v) is 10.1. The molecule has 0 saturated heterocycles. The van der Waals surface area contributed by atoms with E-state index in [0.29, 0.717) is 10.6 Å². The Labute approximate surface area is 99.6 Å². The maximum absolute atomic E-state index is 10.9. The number of halogens is 1. The lowest BCUT2D eigenvalue weighted by molar-refractivity contribution is -0.385. The zero-order chi connectivity index (χ0) is 12.3. The molecular formula is C11H15ClN2O2. The van der Waals surface area contributed by atoms with Crippen LogP contribution in [0.1, 0.15) is 31.7 Å². The fourth-order valence-corrected chi connectivity index (χ4v) is 2.04. The van der Waals surface area contributed by atoms with Gasteiger partial charge in [0, 0.05) is 28.6 Å². The van der Waals surface area contributed by atoms with Crippen molar-refractivity contribution in [1.82, 2.24) is 0 Å². The van der Waals surface area contributed by atoms with E-state index in [9.17, 15) is 10.1 Å². The summed E-state index contributed by atoms with van der Waals surface area (Å²) in [7, 11) is 0. The lowest BCUT2D eigenvalue weighted by Crippen LogP contribution is -2.24. The van der Waals surface area contributed by atoms with E-state index in [4.69, 9.17) is 17.3 Å². The molecule has 0 saturated carbocycles. The lowest BCUT2D eigenvalue weighted by Gasteiger charge is -2.19. The Hall–Kier alpha value is -1.13. The number of hydrogen-bond acceptors (Lipinski definition) is 3. The molecule has 4 nitrogen and oxygen atoms in total. The lowest BCUT2D eigenvalue weighted by atomic mass is 9.89. The Bertz CT molecular complexity index is 394. The highest BCUT2D eigenvalue weighted by molar-refractivity contribution is 6.30. The smallest absolute Gasteiger partial charge is 0.273 e. The van der Waals surface area contributed by atoms with Crippen LogP contribution >= 0.6 is 11.6 Å². The maximum atomic E-state index is 10.9. The van der Waals surface area contributed by atoms with Crippen molar-refractivity contribution in [3.63, 3.8) is 0 Å². The average Bonchev–Trinajstić information content (AvgIpc) is 2.17. The fraction of sp³-hybridized carbons (Fsp3) is 0.455. The van der Waals surface area contributed by atoms with Gasteiger partial charge in [0.1, 0.15) is 0 Å². The first-order valence-corrected chi connectivity index (χ1v) is 5.54. The van der Waals surface area contributed by atoms with E-state index in [1.165, 1.54) is 12.1 Å². The van der Waals surface area contributed by atoms with E-state index >= 15 is 0 Å². The zero-order valence-electron chi connectivity index (χ0n) is 9.31. The molecule has 88 valence electrons. The van der Waals surface area contributed by atoms with Gasteiger partial charge in [-0.05, 0) is 25.5 Å². The number of benzene rings is 1. The van der Waals surface area contributed by atoms with Crippen molar-refractivity contribution in [3.05, 3.63) is 38.9 Å². The van der Waals surface area contributed by atoms with Crippen LogP contribution in [0.2, 0.25) is 5.02 Å². The predicted octanol–water partition coefficient (Wildman–Crippen LogP) is 3.09. The van der Waals surface area contributed by atoms with Crippen molar-refractivity contribution in [2.45, 2.75) is 32.2 Å². The number of nitrogens with two attached hydrogens (primary N) is 1. The fourth-order valence-electron chi connectivity index (χ4n) is 1.86. The van der Waals surface area contributed by atoms with Gasteiger partial charge in [-0.15, -0.1) is 0 Å². The second-order valence-electron chi connectivity index (χ2n) is 3.83. The summed E-state index contributed by atoms with van der Waals surface area (Å²) in [4.78, 5) is 10.5. The van der Waals surface area contributed by atoms with E-state index in [-0.39, 0.29) is 17.6 Å². The normalized spacial score (nSPS) is 14.5. The van der Waals surface area contributed by atoms with Crippen molar-refractivity contribution < 1.29 is 4.92 Å². The molecule has 2 atom stereocenters. The number of nitro groups is 1. The van der Waals surface area contributed by atoms with Crippen LogP contribution < -0.4 is 5.73 Å². The average molecular weight is 243 g/mol. The number of nitro benzene ring substituents is 1. The van der Waals surface area contributed by atoms with Crippen LogP contribution in [0.15, 0.2) is 18.2 Å². The first kappa shape index (κ1) is 12.9. The van der Waals surface area contributed by atoms with Crippen molar-refractivity contribution in [1.29, 1.82) is 0 Å². The summed E-state index contributed by atoms with van der Waals surface area (Å²) >= 11 is 5.86. The van der Waals surface area contributed by atoms with Crippen LogP contribution in [0.25, 0.3) is 0 Å². The summed E-state index contributed by atoms with van der Waals surface area (Å²) in [6.45, 7) is 3.80. The van der Waals surface area contributed by atoms with Crippen LogP contribution in [0.5, 0.6) is 0 Å². The number of rotatable bonds is 4. The highest BCUT2D eigenvalue weighted by Crippen LogP contribution is 2.32. The molecule has 0 aromatic heterocycles. The van der Waals surface area contributed by atoms with Gasteiger partial charge in [0.25, 0.3) is 5.69 Å². The van der Waals surface area contributed by atoms with Gasteiger partial charge in [0.2, 0.25) is 0 Å². The standard InChI is InChI=1S/C11H15ClN2O2/c1-3-9(7(2)13)10-6-8(12)4-5-11(10)14(15)16/h4-7,9H,3,13H2,1-2H3. The number of nitrogens with zero attached hydrogens (tertiary/aromatic N) is 1. The molecule has 0 amide bonds.